The number of imidazole rings is 4. The number of para-hydroxylation sites is 5. The Bertz CT molecular complexity index is 2380. The van der Waals surface area contributed by atoms with Gasteiger partial charge in [-0.15, -0.1) is 0 Å². The highest BCUT2D eigenvalue weighted by atomic mass is 15.1. The van der Waals surface area contributed by atoms with E-state index in [2.05, 4.69) is 48.4 Å². The Balaban J connectivity index is 0.999. The highest BCUT2D eigenvalue weighted by Crippen LogP contribution is 2.26. The first-order chi connectivity index (χ1) is 21.6. The Morgan fingerprint density at radius 2 is 1.20 bits per heavy atom. The quantitative estimate of drug-likeness (QED) is 0.206. The molecule has 0 saturated heterocycles. The Hall–Kier alpha value is -5.90. The molecule has 0 fully saturated rings. The van der Waals surface area contributed by atoms with Gasteiger partial charge in [0.1, 0.15) is 5.52 Å². The van der Waals surface area contributed by atoms with Crippen LogP contribution in [0.5, 0.6) is 0 Å². The highest BCUT2D eigenvalue weighted by Gasteiger charge is 2.10. The van der Waals surface area contributed by atoms with Crippen molar-refractivity contribution in [2.24, 2.45) is 24.1 Å². The Kier molecular flexibility index (Phi) is 6.11. The maximum Gasteiger partial charge on any atom is 0.152 e. The number of aliphatic imine (C=N–C) groups is 2. The molecule has 8 rings (SSSR count). The van der Waals surface area contributed by atoms with Gasteiger partial charge >= 0.3 is 0 Å². The number of rotatable bonds is 7. The number of aromatic nitrogens is 8. The van der Waals surface area contributed by atoms with Gasteiger partial charge in [-0.1, -0.05) is 30.3 Å². The molecule has 4 aromatic heterocycles. The van der Waals surface area contributed by atoms with Gasteiger partial charge in [-0.3, -0.25) is 9.98 Å². The van der Waals surface area contributed by atoms with Crippen LogP contribution in [0.2, 0.25) is 0 Å². The van der Waals surface area contributed by atoms with Crippen molar-refractivity contribution < 1.29 is 0 Å². The second-order valence-electron chi connectivity index (χ2n) is 10.7. The average Bonchev–Trinajstić information content (AvgIpc) is 3.82. The summed E-state index contributed by atoms with van der Waals surface area (Å²) in [7, 11) is 4.01. The molecule has 0 aliphatic rings. The second kappa shape index (κ2) is 10.4. The van der Waals surface area contributed by atoms with Crippen molar-refractivity contribution >= 4 is 67.9 Å². The van der Waals surface area contributed by atoms with E-state index < -0.39 is 0 Å². The van der Waals surface area contributed by atoms with Crippen LogP contribution >= 0.6 is 0 Å². The summed E-state index contributed by atoms with van der Waals surface area (Å²) < 4.78 is 8.41. The van der Waals surface area contributed by atoms with E-state index in [0.29, 0.717) is 0 Å². The van der Waals surface area contributed by atoms with Gasteiger partial charge in [0.15, 0.2) is 11.6 Å². The topological polar surface area (TPSA) is 96.0 Å². The summed E-state index contributed by atoms with van der Waals surface area (Å²) >= 11 is 0. The molecule has 0 atom stereocenters. The predicted octanol–water partition coefficient (Wildman–Crippen LogP) is 6.36. The van der Waals surface area contributed by atoms with Gasteiger partial charge in [0.05, 0.1) is 75.1 Å². The number of fused-ring (bicyclic) bond motifs is 4. The van der Waals surface area contributed by atoms with Gasteiger partial charge in [-0.05, 0) is 54.6 Å². The largest absolute Gasteiger partial charge is 0.329 e. The van der Waals surface area contributed by atoms with Crippen LogP contribution in [0, 0.1) is 0 Å². The number of hydrogen-bond acceptors (Lipinski definition) is 6. The smallest absolute Gasteiger partial charge is 0.152 e. The monoisotopic (exact) mass is 576 g/mol. The van der Waals surface area contributed by atoms with E-state index in [9.17, 15) is 0 Å². The molecule has 8 aromatic rings. The van der Waals surface area contributed by atoms with Crippen molar-refractivity contribution in [3.05, 3.63) is 109 Å². The molecule has 0 aliphatic heterocycles. The lowest BCUT2D eigenvalue weighted by Gasteiger charge is -2.07. The normalized spacial score (nSPS) is 12.3. The predicted molar refractivity (Wildman–Crippen MR) is 175 cm³/mol. The first-order valence-electron chi connectivity index (χ1n) is 14.4. The SMILES string of the molecule is Cn1c(C=Nc2ccc3c(c2)ncn3CCn2cnc3c(N=Cc4nc5ccccc5n4C)cccc32)nc2ccccc21. The molecule has 0 spiro atoms. The van der Waals surface area contributed by atoms with E-state index in [1.807, 2.05) is 103 Å². The van der Waals surface area contributed by atoms with Crippen LogP contribution in [0.4, 0.5) is 11.4 Å². The molecule has 10 heteroatoms. The van der Waals surface area contributed by atoms with E-state index in [0.717, 1.165) is 80.2 Å². The zero-order chi connectivity index (χ0) is 29.6. The molecule has 214 valence electrons. The third kappa shape index (κ3) is 4.44. The molecule has 0 amide bonds. The lowest BCUT2D eigenvalue weighted by atomic mass is 10.2. The number of nitrogens with zero attached hydrogens (tertiary/aromatic N) is 10. The summed E-state index contributed by atoms with van der Waals surface area (Å²) in [6.45, 7) is 1.49. The van der Waals surface area contributed by atoms with Crippen molar-refractivity contribution in [1.29, 1.82) is 0 Å². The molecule has 10 nitrogen and oxygen atoms in total. The molecule has 44 heavy (non-hydrogen) atoms. The van der Waals surface area contributed by atoms with E-state index >= 15 is 0 Å². The van der Waals surface area contributed by atoms with Gasteiger partial charge < -0.3 is 18.3 Å². The van der Waals surface area contributed by atoms with Crippen LogP contribution in [0.3, 0.4) is 0 Å². The minimum absolute atomic E-state index is 0.743. The summed E-state index contributed by atoms with van der Waals surface area (Å²) in [4.78, 5) is 28.2. The van der Waals surface area contributed by atoms with E-state index in [-0.39, 0.29) is 0 Å². The Labute approximate surface area is 252 Å². The zero-order valence-electron chi connectivity index (χ0n) is 24.3. The first kappa shape index (κ1) is 25.8. The van der Waals surface area contributed by atoms with Crippen molar-refractivity contribution in [1.82, 2.24) is 38.2 Å². The van der Waals surface area contributed by atoms with E-state index in [4.69, 9.17) is 15.0 Å². The maximum atomic E-state index is 4.77. The average molecular weight is 577 g/mol. The minimum Gasteiger partial charge on any atom is -0.329 e. The number of aryl methyl sites for hydroxylation is 4. The fourth-order valence-electron chi connectivity index (χ4n) is 5.70. The van der Waals surface area contributed by atoms with Crippen molar-refractivity contribution in [3.63, 3.8) is 0 Å². The Morgan fingerprint density at radius 3 is 1.91 bits per heavy atom. The fraction of sp³-hybridized carbons (Fsp3) is 0.118. The van der Waals surface area contributed by atoms with Crippen molar-refractivity contribution in [2.75, 3.05) is 0 Å². The minimum atomic E-state index is 0.743. The lowest BCUT2D eigenvalue weighted by Crippen LogP contribution is -2.05. The standard InChI is InChI=1S/C34H28N10/c1-41-28-11-5-3-8-24(28)39-32(41)19-35-23-14-15-30-27(18-23)37-21-43(30)16-17-44-22-38-34-26(10-7-13-31(34)44)36-20-33-40-25-9-4-6-12-29(25)42(33)2/h3-15,18-22H,16-17H2,1-2H3. The fourth-order valence-corrected chi connectivity index (χ4v) is 5.70. The van der Waals surface area contributed by atoms with E-state index in [1.54, 1.807) is 6.21 Å². The summed E-state index contributed by atoms with van der Waals surface area (Å²) in [6.07, 6.45) is 7.38. The van der Waals surface area contributed by atoms with Crippen LogP contribution < -0.4 is 0 Å². The van der Waals surface area contributed by atoms with Gasteiger partial charge in [0.2, 0.25) is 0 Å². The molecule has 4 aromatic carbocycles. The van der Waals surface area contributed by atoms with Crippen LogP contribution in [0.25, 0.3) is 44.1 Å². The second-order valence-corrected chi connectivity index (χ2v) is 10.7. The van der Waals surface area contributed by atoms with Crippen molar-refractivity contribution in [3.8, 4) is 0 Å². The summed E-state index contributed by atoms with van der Waals surface area (Å²) in [6, 6.07) is 28.3. The highest BCUT2D eigenvalue weighted by molar-refractivity contribution is 5.92. The molecular weight excluding hydrogens is 548 g/mol. The third-order valence-electron chi connectivity index (χ3n) is 8.11. The molecular formula is C34H28N10. The summed E-state index contributed by atoms with van der Waals surface area (Å²) in [5.41, 5.74) is 9.57. The third-order valence-corrected chi connectivity index (χ3v) is 8.11. The van der Waals surface area contributed by atoms with E-state index in [1.165, 1.54) is 0 Å². The molecule has 4 heterocycles. The number of hydrogen-bond donors (Lipinski definition) is 0. The van der Waals surface area contributed by atoms with Gasteiger partial charge in [-0.25, -0.2) is 19.9 Å². The molecule has 0 bridgehead atoms. The summed E-state index contributed by atoms with van der Waals surface area (Å²) in [5, 5.41) is 0. The van der Waals surface area contributed by atoms with Crippen LogP contribution in [-0.2, 0) is 27.2 Å². The van der Waals surface area contributed by atoms with Gasteiger partial charge in [0.25, 0.3) is 0 Å². The zero-order valence-corrected chi connectivity index (χ0v) is 24.3. The van der Waals surface area contributed by atoms with Crippen molar-refractivity contribution in [2.45, 2.75) is 13.1 Å². The number of benzene rings is 4. The van der Waals surface area contributed by atoms with Crippen LogP contribution in [0.1, 0.15) is 11.6 Å². The molecule has 0 unspecified atom stereocenters. The molecule has 0 saturated carbocycles. The van der Waals surface area contributed by atoms with Crippen LogP contribution in [-0.4, -0.2) is 50.6 Å². The molecule has 0 aliphatic carbocycles. The van der Waals surface area contributed by atoms with Crippen LogP contribution in [0.15, 0.2) is 108 Å². The molecule has 0 N–H and O–H groups in total. The summed E-state index contributed by atoms with van der Waals surface area (Å²) in [5.74, 6) is 1.61. The van der Waals surface area contributed by atoms with Gasteiger partial charge in [0, 0.05) is 27.2 Å². The lowest BCUT2D eigenvalue weighted by molar-refractivity contribution is 0.600. The van der Waals surface area contributed by atoms with Gasteiger partial charge in [-0.2, -0.15) is 0 Å². The molecule has 0 radical (unpaired) electrons. The maximum absolute atomic E-state index is 4.77. The Morgan fingerprint density at radius 1 is 0.591 bits per heavy atom. The first-order valence-corrected chi connectivity index (χ1v) is 14.4.